The molecule has 23 heteroatoms. The van der Waals surface area contributed by atoms with Crippen LogP contribution in [0.25, 0.3) is 10.9 Å². The molecule has 0 atom stereocenters. The maximum atomic E-state index is 11.3. The number of likely N-dealkylation sites (tertiary alicyclic amines) is 1. The van der Waals surface area contributed by atoms with Gasteiger partial charge in [0, 0.05) is 174 Å². The zero-order chi connectivity index (χ0) is 72.8. The zero-order valence-electron chi connectivity index (χ0n) is 62.1. The number of morpholine rings is 1. The molecule has 0 unspecified atom stereocenters. The van der Waals surface area contributed by atoms with Crippen LogP contribution in [0.5, 0.6) is 0 Å². The molecule has 10 aliphatic heterocycles. The summed E-state index contributed by atoms with van der Waals surface area (Å²) < 4.78 is 16.2. The molecule has 2 aromatic heterocycles. The number of hydrogen-bond donors (Lipinski definition) is 2. The summed E-state index contributed by atoms with van der Waals surface area (Å²) in [5.41, 5.74) is 14.7. The predicted molar refractivity (Wildman–Crippen MR) is 468 cm³/mol. The second kappa shape index (κ2) is 70.2. The fourth-order valence-corrected chi connectivity index (χ4v) is 9.81. The van der Waals surface area contributed by atoms with Gasteiger partial charge in [-0.25, -0.2) is 9.64 Å². The van der Waals surface area contributed by atoms with Crippen molar-refractivity contribution >= 4 is 53.0 Å². The van der Waals surface area contributed by atoms with Crippen molar-refractivity contribution < 1.29 is 33.3 Å². The standard InChI is InChI=1S/C9H7NO2.C9H10N.C9H9N.C5H11NO.2C5H7NO.C5H11NS.C5H11N.2C5H9N.C5H7N.C4H6N2O.C3H8.C2H7N3.8CH4/c1-10-8(11)6-4-2-3-5-7(6)9(10)12;1-10-6-8-4-2-3-5-9(8)7-10;1-10-7-6-8-4-2-3-5-9(8)10;2*1-6-2-4-7-5-3-6;1-6-4-2-3-5-7-6;1-6-2-4-7-5-3-6;4*1-6-4-2-3-5-6;1-6-2-3-7-5-4-6;1-3-2;1-5-2(3)4;;;;;;;;/h2-5H,1H3;2-6H,7H2,1H3;2-7H,1H3;2-5H2,1H3;2*2-5H,1H3;2-5H2,1H3;2-5H2,1H3;2,4H,3,5H2,1H3;2-3H,4-5H2,1H3;2-5H,1H3;2-4H,1H3;3H2,1-2H3;1H3,(H4,3,4,5);8*1H4/q;+1;;;;;;;;;;;;;;;;;;;;. The van der Waals surface area contributed by atoms with E-state index < -0.39 is 0 Å². The fraction of sp³-hybridized carbons (Fsp3) is 0.488. The number of aliphatic imine (C=N–C) groups is 1. The Morgan fingerprint density at radius 3 is 1.40 bits per heavy atom. The van der Waals surface area contributed by atoms with Crippen LogP contribution in [0.4, 0.5) is 0 Å². The number of hydrogen-bond acceptors (Lipinski definition) is 17. The maximum Gasteiger partial charge on any atom is 0.261 e. The maximum absolute atomic E-state index is 11.3. The van der Waals surface area contributed by atoms with E-state index in [9.17, 15) is 9.59 Å². The van der Waals surface area contributed by atoms with Gasteiger partial charge in [-0.2, -0.15) is 11.8 Å². The van der Waals surface area contributed by atoms with Gasteiger partial charge in [0.05, 0.1) is 24.3 Å². The number of oxime groups is 1. The average molecular weight is 1510 g/mol. The lowest BCUT2D eigenvalue weighted by molar-refractivity contribution is -0.504. The van der Waals surface area contributed by atoms with Gasteiger partial charge in [-0.15, -0.1) is 0 Å². The van der Waals surface area contributed by atoms with Crippen molar-refractivity contribution in [2.75, 3.05) is 161 Å². The van der Waals surface area contributed by atoms with Gasteiger partial charge in [0.1, 0.15) is 38.4 Å². The van der Waals surface area contributed by atoms with Gasteiger partial charge in [-0.3, -0.25) is 24.4 Å². The number of nitrogens with two attached hydrogens (primary N) is 2. The highest BCUT2D eigenvalue weighted by Gasteiger charge is 2.31. The number of carbonyl (C=O) groups is 2. The Morgan fingerprint density at radius 2 is 1.07 bits per heavy atom. The first kappa shape index (κ1) is 112. The van der Waals surface area contributed by atoms with Crippen molar-refractivity contribution in [3.8, 4) is 0 Å². The van der Waals surface area contributed by atoms with Crippen molar-refractivity contribution in [1.29, 1.82) is 0 Å². The first-order valence-electron chi connectivity index (χ1n) is 33.7. The minimum atomic E-state index is -0.212. The second-order valence-corrected chi connectivity index (χ2v) is 25.0. The number of amides is 2. The lowest BCUT2D eigenvalue weighted by Gasteiger charge is -2.21. The number of ether oxygens (including phenoxy) is 2. The van der Waals surface area contributed by atoms with E-state index in [0.717, 1.165) is 50.8 Å². The molecule has 5 aromatic rings. The Hall–Kier alpha value is -8.84. The minimum absolute atomic E-state index is 0. The third kappa shape index (κ3) is 54.4. The summed E-state index contributed by atoms with van der Waals surface area (Å²) in [6.07, 6.45) is 41.2. The van der Waals surface area contributed by atoms with Crippen molar-refractivity contribution in [1.82, 2.24) is 53.4 Å². The quantitative estimate of drug-likeness (QED) is 0.0489. The van der Waals surface area contributed by atoms with Crippen LogP contribution < -0.4 is 11.5 Å². The number of guanidine groups is 1. The number of para-hydroxylation sites is 1. The molecule has 15 rings (SSSR count). The van der Waals surface area contributed by atoms with E-state index in [1.807, 2.05) is 92.9 Å². The SMILES string of the molecule is C.C.C.C.C.C.C.C.CCC.CN1C(=O)c2ccccc2C1=O.CN1C=CC=CO1.CN1C=CCC1.CN1C=COC=C1.CN1C=CON=C1.CN1CC=CC1.CN1CCCC1.CN1CCOCC1.CN1CCSCC1.CN=C(N)N.C[N+]1=Cc2ccccc2C1.Cn1ccc2ccccc21.Cn1cccc1. The Balaban J connectivity index is -0.000000202. The number of likely N-dealkylation sites (N-methyl/N-ethyl adjacent to an activating group) is 2. The van der Waals surface area contributed by atoms with Gasteiger partial charge in [0.15, 0.2) is 18.7 Å². The van der Waals surface area contributed by atoms with E-state index in [2.05, 4.69) is 215 Å². The number of aryl methyl sites for hydroxylation is 2. The third-order valence-corrected chi connectivity index (χ3v) is 15.5. The van der Waals surface area contributed by atoms with Crippen LogP contribution in [0, 0.1) is 0 Å². The number of aromatic nitrogens is 2. The van der Waals surface area contributed by atoms with E-state index >= 15 is 0 Å². The molecule has 2 amide bonds. The first-order valence-corrected chi connectivity index (χ1v) is 34.9. The summed E-state index contributed by atoms with van der Waals surface area (Å²) in [5, 5.41) is 6.41. The van der Waals surface area contributed by atoms with E-state index in [1.165, 1.54) is 112 Å². The third-order valence-electron chi connectivity index (χ3n) is 14.6. The highest BCUT2D eigenvalue weighted by atomic mass is 32.2. The Kier molecular flexibility index (Phi) is 73.1. The number of thioether (sulfide) groups is 1. The van der Waals surface area contributed by atoms with E-state index in [0.29, 0.717) is 11.1 Å². The highest BCUT2D eigenvalue weighted by molar-refractivity contribution is 7.99. The molecular weight excluding hydrogens is 1360 g/mol. The van der Waals surface area contributed by atoms with Crippen molar-refractivity contribution in [2.24, 2.45) is 35.7 Å². The van der Waals surface area contributed by atoms with Crippen molar-refractivity contribution in [3.63, 3.8) is 0 Å². The molecule has 10 aliphatic rings. The van der Waals surface area contributed by atoms with Gasteiger partial charge in [0.2, 0.25) is 0 Å². The van der Waals surface area contributed by atoms with Crippen molar-refractivity contribution in [2.45, 2.75) is 105 Å². The summed E-state index contributed by atoms with van der Waals surface area (Å²) in [6.45, 7) is 18.0. The van der Waals surface area contributed by atoms with Gasteiger partial charge in [0.25, 0.3) is 11.8 Å². The summed E-state index contributed by atoms with van der Waals surface area (Å²) in [4.78, 5) is 51.6. The molecule has 3 fully saturated rings. The Labute approximate surface area is 656 Å². The number of nitrogens with zero attached hydrogens (tertiary/aromatic N) is 14. The zero-order valence-corrected chi connectivity index (χ0v) is 62.9. The second-order valence-electron chi connectivity index (χ2n) is 23.8. The monoisotopic (exact) mass is 1510 g/mol. The molecule has 22 nitrogen and oxygen atoms in total. The molecular formula is C84H151N16O6S+. The number of fused-ring (bicyclic) bond motifs is 3. The van der Waals surface area contributed by atoms with Crippen LogP contribution >= 0.6 is 11.8 Å². The van der Waals surface area contributed by atoms with Crippen LogP contribution in [0.1, 0.15) is 131 Å². The molecule has 0 spiro atoms. The molecule has 0 radical (unpaired) electrons. The van der Waals surface area contributed by atoms with Gasteiger partial charge in [-0.1, -0.05) is 152 Å². The largest absolute Gasteiger partial charge is 0.470 e. The summed E-state index contributed by atoms with van der Waals surface area (Å²) in [7, 11) is 25.5. The summed E-state index contributed by atoms with van der Waals surface area (Å²) >= 11 is 2.06. The average Bonchev–Trinajstić information content (AvgIpc) is 1.65. The topological polar surface area (TPSA) is 190 Å². The van der Waals surface area contributed by atoms with E-state index in [4.69, 9.17) is 25.8 Å². The van der Waals surface area contributed by atoms with E-state index in [1.54, 1.807) is 65.6 Å². The Morgan fingerprint density at radius 1 is 0.561 bits per heavy atom. The summed E-state index contributed by atoms with van der Waals surface area (Å²) in [5.74, 6) is 2.36. The molecule has 0 aliphatic carbocycles. The van der Waals surface area contributed by atoms with Gasteiger partial charge >= 0.3 is 0 Å². The van der Waals surface area contributed by atoms with Crippen LogP contribution in [0.2, 0.25) is 0 Å². The number of carbonyl (C=O) groups excluding carboxylic acids is 2. The van der Waals surface area contributed by atoms with Gasteiger partial charge < -0.3 is 69.1 Å². The predicted octanol–water partition coefficient (Wildman–Crippen LogP) is 15.6. The lowest BCUT2D eigenvalue weighted by Crippen LogP contribution is -2.32. The van der Waals surface area contributed by atoms with Crippen LogP contribution in [0.15, 0.2) is 206 Å². The van der Waals surface area contributed by atoms with Crippen LogP contribution in [-0.4, -0.2) is 249 Å². The normalized spacial score (nSPS) is 15.5. The van der Waals surface area contributed by atoms with Crippen LogP contribution in [-0.2, 0) is 39.8 Å². The highest BCUT2D eigenvalue weighted by Crippen LogP contribution is 2.20. The molecule has 107 heavy (non-hydrogen) atoms. The molecule has 0 bridgehead atoms. The smallest absolute Gasteiger partial charge is 0.261 e. The van der Waals surface area contributed by atoms with Crippen molar-refractivity contribution in [3.05, 3.63) is 218 Å². The molecule has 608 valence electrons. The number of imide groups is 1. The minimum Gasteiger partial charge on any atom is -0.470 e. The molecule has 0 saturated carbocycles. The lowest BCUT2D eigenvalue weighted by atomic mass is 10.1. The number of rotatable bonds is 0. The number of hydroxylamine groups is 2. The molecule has 12 heterocycles. The summed E-state index contributed by atoms with van der Waals surface area (Å²) in [6, 6.07) is 29.8. The first-order chi connectivity index (χ1) is 47.7. The fourth-order valence-electron chi connectivity index (χ4n) is 8.72. The number of benzene rings is 3. The Bertz CT molecular complexity index is 3140. The number of allylic oxidation sites excluding steroid dienone is 2. The van der Waals surface area contributed by atoms with Gasteiger partial charge in [-0.05, 0) is 127 Å². The molecule has 3 aromatic carbocycles. The van der Waals surface area contributed by atoms with E-state index in [-0.39, 0.29) is 77.2 Å². The molecule has 4 N–H and O–H groups in total. The molecule has 3 saturated heterocycles. The van der Waals surface area contributed by atoms with Crippen LogP contribution in [0.3, 0.4) is 0 Å².